The molecule has 0 spiro atoms. The van der Waals surface area contributed by atoms with Gasteiger partial charge in [0.25, 0.3) is 0 Å². The molecule has 1 rings (SSSR count). The lowest BCUT2D eigenvalue weighted by molar-refractivity contribution is -0.0370. The predicted octanol–water partition coefficient (Wildman–Crippen LogP) is 8.51. The first-order chi connectivity index (χ1) is 15.4. The first-order valence-corrected chi connectivity index (χ1v) is 11.9. The first kappa shape index (κ1) is 30.1. The predicted molar refractivity (Wildman–Crippen MR) is 131 cm³/mol. The maximum atomic E-state index is 14.5. The Morgan fingerprint density at radius 3 is 2.25 bits per heavy atom. The molecule has 3 nitrogen and oxygen atoms in total. The lowest BCUT2D eigenvalue weighted by Gasteiger charge is -2.29. The summed E-state index contributed by atoms with van der Waals surface area (Å²) in [5, 5.41) is 0. The molecule has 0 aromatic rings. The van der Waals surface area contributed by atoms with E-state index in [9.17, 15) is 8.78 Å². The van der Waals surface area contributed by atoms with Crippen LogP contribution < -0.4 is 0 Å². The number of halogens is 2. The Kier molecular flexibility index (Phi) is 16.6. The van der Waals surface area contributed by atoms with Crippen molar-refractivity contribution in [2.45, 2.75) is 86.2 Å². The molecule has 1 aliphatic heterocycles. The minimum Gasteiger partial charge on any atom is -0.498 e. The third kappa shape index (κ3) is 10.6. The average molecular weight is 455 g/mol. The van der Waals surface area contributed by atoms with E-state index in [0.717, 1.165) is 37.9 Å². The molecule has 1 aliphatic rings. The quantitative estimate of drug-likeness (QED) is 0.168. The van der Waals surface area contributed by atoms with Crippen molar-refractivity contribution in [2.24, 2.45) is 5.92 Å². The molecular weight excluding hydrogens is 410 g/mol. The summed E-state index contributed by atoms with van der Waals surface area (Å²) in [7, 11) is 1.32. The van der Waals surface area contributed by atoms with E-state index < -0.39 is 11.7 Å². The van der Waals surface area contributed by atoms with Gasteiger partial charge in [0.05, 0.1) is 32.2 Å². The van der Waals surface area contributed by atoms with Crippen molar-refractivity contribution >= 4 is 0 Å². The SMILES string of the molecule is C=CCCC1CCC(CO/C(=C/C=C(C)/C(CC)=C(F)/C(F)=C(\C)OC)CC)CO1.CC. The second-order valence-electron chi connectivity index (χ2n) is 7.63. The van der Waals surface area contributed by atoms with Crippen LogP contribution in [-0.4, -0.2) is 26.4 Å². The van der Waals surface area contributed by atoms with Gasteiger partial charge in [0, 0.05) is 12.3 Å². The second kappa shape index (κ2) is 17.6. The fourth-order valence-corrected chi connectivity index (χ4v) is 3.32. The highest BCUT2D eigenvalue weighted by Crippen LogP contribution is 2.28. The molecule has 1 heterocycles. The molecule has 2 unspecified atom stereocenters. The van der Waals surface area contributed by atoms with Gasteiger partial charge in [-0.3, -0.25) is 0 Å². The van der Waals surface area contributed by atoms with E-state index in [1.165, 1.54) is 14.0 Å². The molecule has 184 valence electrons. The number of rotatable bonds is 12. The van der Waals surface area contributed by atoms with Crippen LogP contribution >= 0.6 is 0 Å². The number of methoxy groups -OCH3 is 1. The Bertz CT molecular complexity index is 666. The molecule has 0 aliphatic carbocycles. The molecule has 2 atom stereocenters. The maximum absolute atomic E-state index is 14.5. The van der Waals surface area contributed by atoms with Crippen LogP contribution in [0, 0.1) is 5.92 Å². The molecule has 1 fully saturated rings. The third-order valence-corrected chi connectivity index (χ3v) is 5.43. The summed E-state index contributed by atoms with van der Waals surface area (Å²) in [6.07, 6.45) is 11.2. The van der Waals surface area contributed by atoms with Crippen LogP contribution in [0.3, 0.4) is 0 Å². The number of hydrogen-bond donors (Lipinski definition) is 0. The topological polar surface area (TPSA) is 27.7 Å². The second-order valence-corrected chi connectivity index (χ2v) is 7.63. The minimum atomic E-state index is -0.957. The molecule has 0 saturated carbocycles. The molecule has 5 heteroatoms. The van der Waals surface area contributed by atoms with Gasteiger partial charge in [-0.05, 0) is 63.2 Å². The Morgan fingerprint density at radius 1 is 1.06 bits per heavy atom. The Morgan fingerprint density at radius 2 is 1.75 bits per heavy atom. The highest BCUT2D eigenvalue weighted by Gasteiger charge is 2.22. The number of ether oxygens (including phenoxy) is 3. The van der Waals surface area contributed by atoms with Gasteiger partial charge < -0.3 is 14.2 Å². The van der Waals surface area contributed by atoms with Crippen LogP contribution in [0.5, 0.6) is 0 Å². The van der Waals surface area contributed by atoms with E-state index >= 15 is 0 Å². The van der Waals surface area contributed by atoms with Crippen LogP contribution in [0.15, 0.2) is 59.1 Å². The normalized spacial score (nSPS) is 21.0. The molecule has 0 bridgehead atoms. The summed E-state index contributed by atoms with van der Waals surface area (Å²) >= 11 is 0. The summed E-state index contributed by atoms with van der Waals surface area (Å²) < 4.78 is 45.3. The van der Waals surface area contributed by atoms with E-state index in [0.29, 0.717) is 42.8 Å². The molecule has 0 radical (unpaired) electrons. The molecular formula is C27H44F2O3. The minimum absolute atomic E-state index is 0.0687. The summed E-state index contributed by atoms with van der Waals surface area (Å²) in [6.45, 7) is 16.1. The van der Waals surface area contributed by atoms with Gasteiger partial charge in [0.1, 0.15) is 5.76 Å². The van der Waals surface area contributed by atoms with Crippen molar-refractivity contribution in [3.8, 4) is 0 Å². The van der Waals surface area contributed by atoms with Gasteiger partial charge in [0.15, 0.2) is 11.7 Å². The van der Waals surface area contributed by atoms with Crippen LogP contribution in [0.2, 0.25) is 0 Å². The molecule has 0 aromatic carbocycles. The lowest BCUT2D eigenvalue weighted by Crippen LogP contribution is -2.28. The first-order valence-electron chi connectivity index (χ1n) is 11.9. The smallest absolute Gasteiger partial charge is 0.196 e. The summed E-state index contributed by atoms with van der Waals surface area (Å²) in [5.74, 6) is -0.696. The molecule has 0 amide bonds. The highest BCUT2D eigenvalue weighted by molar-refractivity contribution is 5.40. The van der Waals surface area contributed by atoms with Crippen molar-refractivity contribution in [3.63, 3.8) is 0 Å². The Balaban J connectivity index is 0.00000466. The van der Waals surface area contributed by atoms with E-state index in [1.807, 2.05) is 32.9 Å². The fourth-order valence-electron chi connectivity index (χ4n) is 3.32. The fraction of sp³-hybridized carbons (Fsp3) is 0.630. The average Bonchev–Trinajstić information content (AvgIpc) is 2.84. The highest BCUT2D eigenvalue weighted by atomic mass is 19.2. The maximum Gasteiger partial charge on any atom is 0.196 e. The number of hydrogen-bond acceptors (Lipinski definition) is 3. The zero-order chi connectivity index (χ0) is 24.5. The van der Waals surface area contributed by atoms with Crippen molar-refractivity contribution in [1.82, 2.24) is 0 Å². The zero-order valence-electron chi connectivity index (χ0n) is 21.2. The molecule has 32 heavy (non-hydrogen) atoms. The molecule has 1 saturated heterocycles. The van der Waals surface area contributed by atoms with Gasteiger partial charge in [-0.15, -0.1) is 6.58 Å². The van der Waals surface area contributed by atoms with E-state index in [1.54, 1.807) is 19.9 Å². The van der Waals surface area contributed by atoms with Crippen LogP contribution in [0.4, 0.5) is 8.78 Å². The molecule has 0 N–H and O–H groups in total. The van der Waals surface area contributed by atoms with Gasteiger partial charge in [-0.2, -0.15) is 0 Å². The van der Waals surface area contributed by atoms with E-state index in [-0.39, 0.29) is 5.76 Å². The third-order valence-electron chi connectivity index (χ3n) is 5.43. The van der Waals surface area contributed by atoms with Crippen LogP contribution in [0.1, 0.15) is 80.1 Å². The molecule has 0 aromatic heterocycles. The summed E-state index contributed by atoms with van der Waals surface area (Å²) in [6, 6.07) is 0. The monoisotopic (exact) mass is 454 g/mol. The Hall–Kier alpha value is -1.88. The summed E-state index contributed by atoms with van der Waals surface area (Å²) in [5.41, 5.74) is 0.983. The Labute approximate surface area is 194 Å². The standard InChI is InChI=1S/C25H38F2O3.C2H6/c1-7-10-11-22-15-13-20(17-30-22)16-29-21(8-2)14-12-18(4)23(9-3)25(27)24(26)19(5)28-6;1-2/h7,12,14,20,22H,1,8-11,13,15-17H2,2-6H3;1-2H3/b18-12+,21-14+,24-19-,25-23-;. The van der Waals surface area contributed by atoms with Gasteiger partial charge in [-0.1, -0.05) is 39.8 Å². The van der Waals surface area contributed by atoms with Crippen molar-refractivity contribution in [2.75, 3.05) is 20.3 Å². The van der Waals surface area contributed by atoms with Crippen LogP contribution in [-0.2, 0) is 14.2 Å². The van der Waals surface area contributed by atoms with E-state index in [4.69, 9.17) is 14.2 Å². The van der Waals surface area contributed by atoms with E-state index in [2.05, 4.69) is 6.58 Å². The van der Waals surface area contributed by atoms with Crippen molar-refractivity contribution < 1.29 is 23.0 Å². The van der Waals surface area contributed by atoms with Crippen molar-refractivity contribution in [1.29, 1.82) is 0 Å². The number of allylic oxidation sites excluding steroid dienone is 9. The van der Waals surface area contributed by atoms with Crippen LogP contribution in [0.25, 0.3) is 0 Å². The zero-order valence-corrected chi connectivity index (χ0v) is 21.2. The van der Waals surface area contributed by atoms with Gasteiger partial charge in [0.2, 0.25) is 0 Å². The van der Waals surface area contributed by atoms with Gasteiger partial charge >= 0.3 is 0 Å². The summed E-state index contributed by atoms with van der Waals surface area (Å²) in [4.78, 5) is 0. The largest absolute Gasteiger partial charge is 0.498 e. The van der Waals surface area contributed by atoms with Crippen molar-refractivity contribution in [3.05, 3.63) is 59.1 Å². The van der Waals surface area contributed by atoms with Gasteiger partial charge in [-0.25, -0.2) is 8.78 Å². The lowest BCUT2D eigenvalue weighted by atomic mass is 9.97.